The molecule has 21 heavy (non-hydrogen) atoms. The predicted octanol–water partition coefficient (Wildman–Crippen LogP) is 1.10. The second-order valence-electron chi connectivity index (χ2n) is 6.07. The van der Waals surface area contributed by atoms with Gasteiger partial charge in [0.25, 0.3) is 0 Å². The van der Waals surface area contributed by atoms with Crippen LogP contribution in [0.5, 0.6) is 0 Å². The second kappa shape index (κ2) is 5.89. The van der Waals surface area contributed by atoms with Crippen molar-refractivity contribution in [1.29, 1.82) is 0 Å². The van der Waals surface area contributed by atoms with Crippen LogP contribution in [0, 0.1) is 5.92 Å². The number of amidine groups is 1. The van der Waals surface area contributed by atoms with Gasteiger partial charge in [-0.25, -0.2) is 0 Å². The van der Waals surface area contributed by atoms with Crippen molar-refractivity contribution in [3.05, 3.63) is 24.0 Å². The smallest absolute Gasteiger partial charge is 0.188 e. The molecule has 2 aliphatic heterocycles. The first-order chi connectivity index (χ1) is 10.2. The Labute approximate surface area is 125 Å². The van der Waals surface area contributed by atoms with Crippen molar-refractivity contribution in [2.45, 2.75) is 25.3 Å². The second-order valence-corrected chi connectivity index (χ2v) is 6.07. The van der Waals surface area contributed by atoms with Crippen LogP contribution in [0.4, 0.5) is 5.69 Å². The summed E-state index contributed by atoms with van der Waals surface area (Å²) >= 11 is 0. The molecule has 0 aliphatic carbocycles. The van der Waals surface area contributed by atoms with Gasteiger partial charge in [0.2, 0.25) is 0 Å². The minimum absolute atomic E-state index is 0.0502. The van der Waals surface area contributed by atoms with Gasteiger partial charge in [0.15, 0.2) is 5.84 Å². The molecular weight excluding hydrogens is 266 g/mol. The third-order valence-corrected chi connectivity index (χ3v) is 4.83. The molecule has 114 valence electrons. The van der Waals surface area contributed by atoms with Crippen LogP contribution in [-0.4, -0.2) is 53.7 Å². The van der Waals surface area contributed by atoms with E-state index in [2.05, 4.69) is 27.0 Å². The molecule has 2 saturated heterocycles. The molecule has 6 nitrogen and oxygen atoms in total. The van der Waals surface area contributed by atoms with E-state index in [1.54, 1.807) is 0 Å². The number of anilines is 1. The minimum atomic E-state index is 0.0502. The number of piperidine rings is 2. The van der Waals surface area contributed by atoms with Crippen molar-refractivity contribution >= 4 is 11.5 Å². The lowest BCUT2D eigenvalue weighted by Crippen LogP contribution is -2.52. The van der Waals surface area contributed by atoms with E-state index in [4.69, 9.17) is 10.9 Å². The Morgan fingerprint density at radius 1 is 1.38 bits per heavy atom. The van der Waals surface area contributed by atoms with Crippen molar-refractivity contribution in [3.63, 3.8) is 0 Å². The molecule has 2 unspecified atom stereocenters. The van der Waals surface area contributed by atoms with E-state index in [-0.39, 0.29) is 5.84 Å². The summed E-state index contributed by atoms with van der Waals surface area (Å²) in [6, 6.07) is 4.55. The maximum Gasteiger partial charge on any atom is 0.188 e. The van der Waals surface area contributed by atoms with Crippen molar-refractivity contribution in [1.82, 2.24) is 9.88 Å². The van der Waals surface area contributed by atoms with E-state index >= 15 is 0 Å². The quantitative estimate of drug-likeness (QED) is 0.369. The Kier molecular flexibility index (Phi) is 3.96. The molecule has 2 aliphatic rings. The molecule has 1 aromatic rings. The standard InChI is InChI=1S/C15H23N5O/c1-19-7-2-3-11-10-20(8-6-14(11)19)12-4-5-13(17-9-12)15(16)18-21/h4-5,9,11,14,21H,2-3,6-8,10H2,1H3,(H2,16,18). The minimum Gasteiger partial charge on any atom is -0.409 e. The van der Waals surface area contributed by atoms with E-state index in [1.807, 2.05) is 18.3 Å². The normalized spacial score (nSPS) is 27.5. The number of hydrogen-bond donors (Lipinski definition) is 2. The summed E-state index contributed by atoms with van der Waals surface area (Å²) in [7, 11) is 2.25. The molecule has 1 aromatic heterocycles. The van der Waals surface area contributed by atoms with Crippen molar-refractivity contribution in [3.8, 4) is 0 Å². The number of nitrogens with two attached hydrogens (primary N) is 1. The molecule has 3 N–H and O–H groups in total. The first-order valence-electron chi connectivity index (χ1n) is 7.58. The van der Waals surface area contributed by atoms with E-state index < -0.39 is 0 Å². The lowest BCUT2D eigenvalue weighted by Gasteiger charge is -2.46. The van der Waals surface area contributed by atoms with Crippen LogP contribution in [0.3, 0.4) is 0 Å². The number of likely N-dealkylation sites (tertiary alicyclic amines) is 1. The van der Waals surface area contributed by atoms with Crippen molar-refractivity contribution in [2.24, 2.45) is 16.8 Å². The Bertz CT molecular complexity index is 515. The zero-order valence-corrected chi connectivity index (χ0v) is 12.4. The van der Waals surface area contributed by atoms with Gasteiger partial charge in [-0.15, -0.1) is 0 Å². The maximum atomic E-state index is 8.67. The fraction of sp³-hybridized carbons (Fsp3) is 0.600. The summed E-state index contributed by atoms with van der Waals surface area (Å²) in [4.78, 5) is 9.20. The number of fused-ring (bicyclic) bond motifs is 1. The molecule has 3 heterocycles. The zero-order chi connectivity index (χ0) is 14.8. The molecule has 2 atom stereocenters. The highest BCUT2D eigenvalue weighted by Crippen LogP contribution is 2.31. The van der Waals surface area contributed by atoms with Gasteiger partial charge in [0.05, 0.1) is 11.9 Å². The maximum absolute atomic E-state index is 8.67. The van der Waals surface area contributed by atoms with Gasteiger partial charge in [0, 0.05) is 19.1 Å². The Morgan fingerprint density at radius 2 is 2.24 bits per heavy atom. The van der Waals surface area contributed by atoms with E-state index in [0.717, 1.165) is 30.7 Å². The van der Waals surface area contributed by atoms with Crippen LogP contribution < -0.4 is 10.6 Å². The van der Waals surface area contributed by atoms with Crippen LogP contribution in [0.15, 0.2) is 23.5 Å². The number of oxime groups is 1. The van der Waals surface area contributed by atoms with Crippen molar-refractivity contribution in [2.75, 3.05) is 31.6 Å². The molecule has 2 fully saturated rings. The Hall–Kier alpha value is -1.82. The van der Waals surface area contributed by atoms with Crippen molar-refractivity contribution < 1.29 is 5.21 Å². The summed E-state index contributed by atoms with van der Waals surface area (Å²) in [6.45, 7) is 3.40. The van der Waals surface area contributed by atoms with Crippen LogP contribution in [-0.2, 0) is 0 Å². The zero-order valence-electron chi connectivity index (χ0n) is 12.4. The molecular formula is C15H23N5O. The van der Waals surface area contributed by atoms with Crippen LogP contribution in [0.2, 0.25) is 0 Å². The van der Waals surface area contributed by atoms with Gasteiger partial charge >= 0.3 is 0 Å². The molecule has 0 saturated carbocycles. The SMILES string of the molecule is CN1CCCC2CN(c3ccc(/C(N)=N/O)nc3)CCC21. The molecule has 0 amide bonds. The van der Waals surface area contributed by atoms with E-state index in [1.165, 1.54) is 25.8 Å². The number of hydrogen-bond acceptors (Lipinski definition) is 5. The first kappa shape index (κ1) is 14.1. The largest absolute Gasteiger partial charge is 0.409 e. The summed E-state index contributed by atoms with van der Waals surface area (Å²) in [5.74, 6) is 0.801. The summed E-state index contributed by atoms with van der Waals surface area (Å²) in [6.07, 6.45) is 5.65. The number of pyridine rings is 1. The third-order valence-electron chi connectivity index (χ3n) is 4.83. The fourth-order valence-electron chi connectivity index (χ4n) is 3.66. The first-order valence-corrected chi connectivity index (χ1v) is 7.58. The number of rotatable bonds is 2. The average Bonchev–Trinajstić information content (AvgIpc) is 2.54. The number of nitrogens with zero attached hydrogens (tertiary/aromatic N) is 4. The molecule has 3 rings (SSSR count). The lowest BCUT2D eigenvalue weighted by atomic mass is 9.84. The van der Waals surface area contributed by atoms with Gasteiger partial charge in [-0.3, -0.25) is 4.98 Å². The summed E-state index contributed by atoms with van der Waals surface area (Å²) in [5, 5.41) is 11.6. The highest BCUT2D eigenvalue weighted by Gasteiger charge is 2.34. The van der Waals surface area contributed by atoms with Gasteiger partial charge in [-0.1, -0.05) is 5.16 Å². The molecule has 0 aromatic carbocycles. The number of aromatic nitrogens is 1. The van der Waals surface area contributed by atoms with Gasteiger partial charge in [0.1, 0.15) is 5.69 Å². The molecule has 0 spiro atoms. The highest BCUT2D eigenvalue weighted by molar-refractivity contribution is 5.95. The summed E-state index contributed by atoms with van der Waals surface area (Å²) < 4.78 is 0. The highest BCUT2D eigenvalue weighted by atomic mass is 16.4. The average molecular weight is 289 g/mol. The van der Waals surface area contributed by atoms with Crippen LogP contribution in [0.25, 0.3) is 0 Å². The van der Waals surface area contributed by atoms with E-state index in [0.29, 0.717) is 5.69 Å². The molecule has 0 radical (unpaired) electrons. The van der Waals surface area contributed by atoms with Gasteiger partial charge in [-0.05, 0) is 50.9 Å². The topological polar surface area (TPSA) is 78.0 Å². The van der Waals surface area contributed by atoms with Gasteiger partial charge < -0.3 is 20.7 Å². The van der Waals surface area contributed by atoms with Crippen LogP contribution in [0.1, 0.15) is 25.0 Å². The Balaban J connectivity index is 1.70. The van der Waals surface area contributed by atoms with Crippen LogP contribution >= 0.6 is 0 Å². The summed E-state index contributed by atoms with van der Waals surface area (Å²) in [5.41, 5.74) is 7.17. The predicted molar refractivity (Wildman–Crippen MR) is 82.7 cm³/mol. The van der Waals surface area contributed by atoms with Gasteiger partial charge in [-0.2, -0.15) is 0 Å². The molecule has 6 heteroatoms. The third kappa shape index (κ3) is 2.81. The lowest BCUT2D eigenvalue weighted by molar-refractivity contribution is 0.102. The monoisotopic (exact) mass is 289 g/mol. The van der Waals surface area contributed by atoms with E-state index in [9.17, 15) is 0 Å². The molecule has 0 bridgehead atoms. The Morgan fingerprint density at radius 3 is 2.95 bits per heavy atom. The fourth-order valence-corrected chi connectivity index (χ4v) is 3.66.